The molecule has 0 bridgehead atoms. The number of hydrogen-bond donors (Lipinski definition) is 6. The fourth-order valence-corrected chi connectivity index (χ4v) is 4.26. The van der Waals surface area contributed by atoms with E-state index < -0.39 is 5.91 Å². The summed E-state index contributed by atoms with van der Waals surface area (Å²) in [5.41, 5.74) is 11.9. The van der Waals surface area contributed by atoms with Crippen molar-refractivity contribution in [1.82, 2.24) is 30.8 Å². The summed E-state index contributed by atoms with van der Waals surface area (Å²) in [5.74, 6) is -0.600. The van der Waals surface area contributed by atoms with Crippen molar-refractivity contribution in [2.75, 3.05) is 36.4 Å². The first-order chi connectivity index (χ1) is 17.5. The summed E-state index contributed by atoms with van der Waals surface area (Å²) < 4.78 is 0. The number of aliphatic imine (C=N–C) groups is 1. The maximum Gasteiger partial charge on any atom is 0.319 e. The van der Waals surface area contributed by atoms with Gasteiger partial charge in [-0.25, -0.2) is 14.8 Å². The Kier molecular flexibility index (Phi) is 7.34. The van der Waals surface area contributed by atoms with Crippen LogP contribution in [0.5, 0.6) is 0 Å². The lowest BCUT2D eigenvalue weighted by atomic mass is 9.88. The number of rotatable bonds is 4. The van der Waals surface area contributed by atoms with Crippen LogP contribution in [-0.2, 0) is 0 Å². The van der Waals surface area contributed by atoms with Crippen LogP contribution in [0, 0.1) is 0 Å². The first-order valence-corrected chi connectivity index (χ1v) is 12.1. The Balaban J connectivity index is 1.29. The molecule has 1 aromatic heterocycles. The van der Waals surface area contributed by atoms with Gasteiger partial charge in [0.2, 0.25) is 0 Å². The predicted octanol–water partition coefficient (Wildman–Crippen LogP) is 1.19. The van der Waals surface area contributed by atoms with E-state index >= 15 is 0 Å². The van der Waals surface area contributed by atoms with Crippen LogP contribution in [-0.4, -0.2) is 69.9 Å². The minimum Gasteiger partial charge on any atom is -0.382 e. The molecule has 0 atom stereocenters. The van der Waals surface area contributed by atoms with E-state index in [1.165, 1.54) is 0 Å². The van der Waals surface area contributed by atoms with Gasteiger partial charge in [-0.3, -0.25) is 19.9 Å². The molecule has 8 N–H and O–H groups in total. The molecule has 2 aromatic rings. The van der Waals surface area contributed by atoms with Crippen LogP contribution in [0.2, 0.25) is 5.15 Å². The van der Waals surface area contributed by atoms with Crippen LogP contribution < -0.4 is 32.7 Å². The number of piperidine rings is 1. The largest absolute Gasteiger partial charge is 0.382 e. The van der Waals surface area contributed by atoms with Gasteiger partial charge >= 0.3 is 6.03 Å². The summed E-state index contributed by atoms with van der Waals surface area (Å²) in [6.45, 7) is 5.24. The number of guanidine groups is 1. The Morgan fingerprint density at radius 1 is 1.05 bits per heavy atom. The minimum atomic E-state index is -0.609. The minimum absolute atomic E-state index is 0.0197. The van der Waals surface area contributed by atoms with Gasteiger partial charge in [-0.15, -0.1) is 0 Å². The van der Waals surface area contributed by atoms with E-state index in [0.29, 0.717) is 49.7 Å². The van der Waals surface area contributed by atoms with Crippen molar-refractivity contribution in [2.24, 2.45) is 4.99 Å². The monoisotopic (exact) mass is 528 g/mol. The molecule has 37 heavy (non-hydrogen) atoms. The van der Waals surface area contributed by atoms with Gasteiger partial charge in [0, 0.05) is 30.4 Å². The molecule has 2 aliphatic heterocycles. The first-order valence-electron chi connectivity index (χ1n) is 11.7. The van der Waals surface area contributed by atoms with Gasteiger partial charge in [-0.2, -0.15) is 0 Å². The van der Waals surface area contributed by atoms with Crippen molar-refractivity contribution in [2.45, 2.75) is 38.3 Å². The number of urea groups is 1. The van der Waals surface area contributed by atoms with Crippen LogP contribution in [0.25, 0.3) is 0 Å². The maximum atomic E-state index is 13.0. The SMILES string of the molecule is CC(C)NC(=O)Nc1ccc(C(=O)N2CCC3(CC2)CN=C(NC(=O)c2nc(Cl)c(N)nc2N)N3)cc1. The molecular formula is C23H29ClN10O3. The predicted molar refractivity (Wildman–Crippen MR) is 140 cm³/mol. The summed E-state index contributed by atoms with van der Waals surface area (Å²) in [4.78, 5) is 51.3. The molecule has 3 heterocycles. The third-order valence-electron chi connectivity index (χ3n) is 6.09. The molecule has 0 saturated carbocycles. The number of aromatic nitrogens is 2. The van der Waals surface area contributed by atoms with Crippen molar-refractivity contribution in [3.63, 3.8) is 0 Å². The van der Waals surface area contributed by atoms with Gasteiger partial charge in [0.1, 0.15) is 0 Å². The number of carbonyl (C=O) groups is 3. The van der Waals surface area contributed by atoms with Gasteiger partial charge < -0.3 is 32.3 Å². The van der Waals surface area contributed by atoms with Crippen LogP contribution >= 0.6 is 11.6 Å². The second-order valence-electron chi connectivity index (χ2n) is 9.28. The Labute approximate surface area is 218 Å². The number of carbonyl (C=O) groups excluding carboxylic acids is 3. The Morgan fingerprint density at radius 2 is 1.73 bits per heavy atom. The smallest absolute Gasteiger partial charge is 0.319 e. The second kappa shape index (κ2) is 10.5. The molecule has 2 aliphatic rings. The zero-order chi connectivity index (χ0) is 26.7. The molecule has 13 nitrogen and oxygen atoms in total. The zero-order valence-electron chi connectivity index (χ0n) is 20.5. The molecule has 0 unspecified atom stereocenters. The summed E-state index contributed by atoms with van der Waals surface area (Å²) in [5, 5.41) is 11.3. The van der Waals surface area contributed by atoms with E-state index in [1.54, 1.807) is 29.2 Å². The van der Waals surface area contributed by atoms with Gasteiger partial charge in [0.25, 0.3) is 11.8 Å². The second-order valence-corrected chi connectivity index (χ2v) is 9.64. The number of likely N-dealkylation sites (tertiary alicyclic amines) is 1. The van der Waals surface area contributed by atoms with Gasteiger partial charge in [0.05, 0.1) is 12.1 Å². The van der Waals surface area contributed by atoms with Crippen molar-refractivity contribution >= 4 is 52.7 Å². The summed E-state index contributed by atoms with van der Waals surface area (Å²) in [6.07, 6.45) is 1.29. The quantitative estimate of drug-likeness (QED) is 0.340. The third-order valence-corrected chi connectivity index (χ3v) is 6.37. The molecule has 196 valence electrons. The van der Waals surface area contributed by atoms with E-state index in [2.05, 4.69) is 36.2 Å². The van der Waals surface area contributed by atoms with Gasteiger partial charge in [-0.1, -0.05) is 11.6 Å². The highest BCUT2D eigenvalue weighted by atomic mass is 35.5. The molecule has 0 radical (unpaired) electrons. The standard InChI is InChI=1S/C23H29ClN10O3/c1-12(2)28-22(37)29-14-5-3-13(4-6-14)20(36)34-9-7-23(8-10-34)11-27-21(33-23)32-19(35)15-17(25)31-18(26)16(24)30-15/h3-6,12H,7-11H2,1-2H3,(H4,25,26,31)(H2,28,29,37)(H2,27,32,33,35). The molecule has 0 aliphatic carbocycles. The topological polar surface area (TPSA) is 193 Å². The number of nitrogens with two attached hydrogens (primary N) is 2. The van der Waals surface area contributed by atoms with Crippen LogP contribution in [0.1, 0.15) is 47.5 Å². The number of hydrogen-bond acceptors (Lipinski definition) is 9. The third kappa shape index (κ3) is 6.00. The van der Waals surface area contributed by atoms with E-state index in [-0.39, 0.29) is 46.0 Å². The summed E-state index contributed by atoms with van der Waals surface area (Å²) in [6, 6.07) is 6.51. The number of benzene rings is 1. The highest BCUT2D eigenvalue weighted by Gasteiger charge is 2.40. The summed E-state index contributed by atoms with van der Waals surface area (Å²) >= 11 is 5.86. The molecule has 4 rings (SSSR count). The lowest BCUT2D eigenvalue weighted by Gasteiger charge is -2.39. The molecule has 1 aromatic carbocycles. The lowest BCUT2D eigenvalue weighted by molar-refractivity contribution is 0.0668. The molecule has 14 heteroatoms. The van der Waals surface area contributed by atoms with Crippen LogP contribution in [0.15, 0.2) is 29.3 Å². The normalized spacial score (nSPS) is 16.2. The Bertz CT molecular complexity index is 1240. The van der Waals surface area contributed by atoms with Crippen molar-refractivity contribution < 1.29 is 14.4 Å². The van der Waals surface area contributed by atoms with E-state index in [9.17, 15) is 14.4 Å². The molecule has 1 fully saturated rings. The van der Waals surface area contributed by atoms with Crippen LogP contribution in [0.3, 0.4) is 0 Å². The van der Waals surface area contributed by atoms with Crippen LogP contribution in [0.4, 0.5) is 22.1 Å². The van der Waals surface area contributed by atoms with E-state index in [0.717, 1.165) is 0 Å². The number of nitrogens with zero attached hydrogens (tertiary/aromatic N) is 4. The Morgan fingerprint density at radius 3 is 2.38 bits per heavy atom. The number of amides is 4. The molecule has 1 spiro atoms. The van der Waals surface area contributed by atoms with Gasteiger partial charge in [-0.05, 0) is 51.0 Å². The van der Waals surface area contributed by atoms with E-state index in [1.807, 2.05) is 13.8 Å². The number of anilines is 3. The number of nitrogens with one attached hydrogen (secondary N) is 4. The van der Waals surface area contributed by atoms with Crippen molar-refractivity contribution in [3.8, 4) is 0 Å². The molecule has 4 amide bonds. The number of halogens is 1. The Hall–Kier alpha value is -4.13. The van der Waals surface area contributed by atoms with E-state index in [4.69, 9.17) is 23.1 Å². The average Bonchev–Trinajstić information content (AvgIpc) is 3.23. The fraction of sp³-hybridized carbons (Fsp3) is 0.391. The highest BCUT2D eigenvalue weighted by Crippen LogP contribution is 2.27. The lowest BCUT2D eigenvalue weighted by Crippen LogP contribution is -2.57. The molecule has 1 saturated heterocycles. The number of nitrogen functional groups attached to an aromatic ring is 2. The first kappa shape index (κ1) is 25.9. The fourth-order valence-electron chi connectivity index (χ4n) is 4.14. The van der Waals surface area contributed by atoms with Crippen molar-refractivity contribution in [3.05, 3.63) is 40.7 Å². The summed E-state index contributed by atoms with van der Waals surface area (Å²) in [7, 11) is 0. The average molecular weight is 529 g/mol. The van der Waals surface area contributed by atoms with Gasteiger partial charge in [0.15, 0.2) is 28.4 Å². The highest BCUT2D eigenvalue weighted by molar-refractivity contribution is 6.31. The van der Waals surface area contributed by atoms with Crippen molar-refractivity contribution in [1.29, 1.82) is 0 Å². The zero-order valence-corrected chi connectivity index (χ0v) is 21.2. The maximum absolute atomic E-state index is 13.0. The molecular weight excluding hydrogens is 500 g/mol.